The molecule has 0 spiro atoms. The fraction of sp³-hybridized carbons (Fsp3) is 0.300. The molecule has 0 atom stereocenters. The van der Waals surface area contributed by atoms with Crippen molar-refractivity contribution in [3.8, 4) is 22.9 Å². The van der Waals surface area contributed by atoms with Gasteiger partial charge < -0.3 is 9.64 Å². The lowest BCUT2D eigenvalue weighted by molar-refractivity contribution is 0.0978. The van der Waals surface area contributed by atoms with Crippen LogP contribution < -0.4 is 14.4 Å². The van der Waals surface area contributed by atoms with Crippen LogP contribution in [-0.4, -0.2) is 47.4 Å². The molecule has 0 saturated carbocycles. The molecule has 4 heterocycles. The molecule has 10 nitrogen and oxygen atoms in total. The quantitative estimate of drug-likeness (QED) is 0.301. The van der Waals surface area contributed by atoms with Gasteiger partial charge in [-0.2, -0.15) is 8.42 Å². The highest BCUT2D eigenvalue weighted by Crippen LogP contribution is 2.32. The molecule has 0 radical (unpaired) electrons. The van der Waals surface area contributed by atoms with Crippen LogP contribution >= 0.6 is 0 Å². The van der Waals surface area contributed by atoms with Crippen molar-refractivity contribution in [3.05, 3.63) is 82.8 Å². The summed E-state index contributed by atoms with van der Waals surface area (Å²) in [6.07, 6.45) is 6.83. The number of rotatable bonds is 7. The molecule has 1 saturated heterocycles. The number of nitrogens with one attached hydrogen (secondary N) is 1. The zero-order valence-electron chi connectivity index (χ0n) is 23.5. The molecule has 216 valence electrons. The predicted octanol–water partition coefficient (Wildman–Crippen LogP) is 5.56. The Morgan fingerprint density at radius 1 is 0.927 bits per heavy atom. The van der Waals surface area contributed by atoms with Gasteiger partial charge in [0, 0.05) is 39.6 Å². The Hall–Kier alpha value is -4.38. The molecule has 4 aromatic rings. The summed E-state index contributed by atoms with van der Waals surface area (Å²) in [7, 11) is -4.24. The predicted molar refractivity (Wildman–Crippen MR) is 160 cm³/mol. The Kier molecular flexibility index (Phi) is 7.98. The average Bonchev–Trinajstić information content (AvgIpc) is 2.95. The maximum Gasteiger partial charge on any atom is 0.281 e. The molecule has 3 aromatic heterocycles. The number of nitrogens with zero attached hydrogens (tertiary/aromatic N) is 5. The summed E-state index contributed by atoms with van der Waals surface area (Å²) < 4.78 is 34.3. The van der Waals surface area contributed by atoms with Crippen LogP contribution in [-0.2, 0) is 10.0 Å². The number of piperidine rings is 1. The zero-order chi connectivity index (χ0) is 29.1. The largest absolute Gasteiger partial charge is 0.438 e. The first-order valence-electron chi connectivity index (χ1n) is 13.5. The van der Waals surface area contributed by atoms with Crippen LogP contribution in [0.15, 0.2) is 59.9 Å². The van der Waals surface area contributed by atoms with Gasteiger partial charge in [-0.1, -0.05) is 23.8 Å². The molecule has 1 aliphatic heterocycles. The van der Waals surface area contributed by atoms with Gasteiger partial charge in [0.05, 0.1) is 5.69 Å². The molecule has 1 N–H and O–H groups in total. The highest BCUT2D eigenvalue weighted by Gasteiger charge is 2.25. The third-order valence-electron chi connectivity index (χ3n) is 6.85. The number of aromatic nitrogens is 4. The van der Waals surface area contributed by atoms with E-state index < -0.39 is 15.9 Å². The summed E-state index contributed by atoms with van der Waals surface area (Å²) in [4.78, 5) is 33.3. The van der Waals surface area contributed by atoms with Gasteiger partial charge >= 0.3 is 0 Å². The lowest BCUT2D eigenvalue weighted by Gasteiger charge is -2.26. The second-order valence-electron chi connectivity index (χ2n) is 10.3. The first kappa shape index (κ1) is 28.2. The summed E-state index contributed by atoms with van der Waals surface area (Å²) in [5.74, 6) is 0.278. The normalized spacial score (nSPS) is 13.6. The van der Waals surface area contributed by atoms with Crippen molar-refractivity contribution in [3.63, 3.8) is 0 Å². The van der Waals surface area contributed by atoms with E-state index in [1.165, 1.54) is 18.6 Å². The van der Waals surface area contributed by atoms with Gasteiger partial charge in [0.15, 0.2) is 5.03 Å². The minimum Gasteiger partial charge on any atom is -0.438 e. The van der Waals surface area contributed by atoms with Gasteiger partial charge in [0.25, 0.3) is 15.9 Å². The summed E-state index contributed by atoms with van der Waals surface area (Å²) in [5, 5.41) is -0.255. The van der Waals surface area contributed by atoms with Crippen molar-refractivity contribution in [1.82, 2.24) is 24.7 Å². The molecule has 41 heavy (non-hydrogen) atoms. The summed E-state index contributed by atoms with van der Waals surface area (Å²) in [5.41, 5.74) is 4.35. The number of hydrogen-bond donors (Lipinski definition) is 1. The third kappa shape index (κ3) is 6.35. The van der Waals surface area contributed by atoms with E-state index in [0.29, 0.717) is 28.6 Å². The topological polar surface area (TPSA) is 127 Å². The summed E-state index contributed by atoms with van der Waals surface area (Å²) in [6, 6.07) is 11.6. The molecule has 1 aliphatic rings. The lowest BCUT2D eigenvalue weighted by Crippen LogP contribution is -2.31. The van der Waals surface area contributed by atoms with Crippen LogP contribution in [0.4, 0.5) is 5.95 Å². The molecule has 1 aromatic carbocycles. The summed E-state index contributed by atoms with van der Waals surface area (Å²) >= 11 is 0. The van der Waals surface area contributed by atoms with E-state index >= 15 is 0 Å². The van der Waals surface area contributed by atoms with Crippen LogP contribution in [0.5, 0.6) is 11.6 Å². The van der Waals surface area contributed by atoms with Gasteiger partial charge in [-0.15, -0.1) is 0 Å². The SMILES string of the molecule is Cc1cc(C)c(Oc2nc(-c3cnc(N4CCCCC4)nc3)ccc2C(=O)NS(=O)(=O)c2cccc(C)n2)c(C)c1.[HH].[HH]. The van der Waals surface area contributed by atoms with Crippen LogP contribution in [0.1, 0.15) is 54.9 Å². The minimum atomic E-state index is -4.24. The lowest BCUT2D eigenvalue weighted by atomic mass is 10.1. The first-order valence-corrected chi connectivity index (χ1v) is 14.9. The van der Waals surface area contributed by atoms with E-state index in [2.05, 4.69) is 29.6 Å². The number of benzene rings is 1. The number of pyridine rings is 2. The Morgan fingerprint density at radius 2 is 1.61 bits per heavy atom. The second kappa shape index (κ2) is 11.6. The Morgan fingerprint density at radius 3 is 2.27 bits per heavy atom. The van der Waals surface area contributed by atoms with Gasteiger partial charge in [0.1, 0.15) is 11.3 Å². The number of carbonyl (C=O) groups is 1. The Bertz CT molecular complexity index is 1690. The molecular weight excluding hydrogens is 540 g/mol. The van der Waals surface area contributed by atoms with Crippen molar-refractivity contribution in [2.75, 3.05) is 18.0 Å². The van der Waals surface area contributed by atoms with Crippen molar-refractivity contribution in [2.45, 2.75) is 52.0 Å². The first-order chi connectivity index (χ1) is 19.6. The summed E-state index contributed by atoms with van der Waals surface area (Å²) in [6.45, 7) is 9.31. The van der Waals surface area contributed by atoms with Crippen LogP contribution in [0.3, 0.4) is 0 Å². The van der Waals surface area contributed by atoms with Crippen LogP contribution in [0, 0.1) is 27.7 Å². The van der Waals surface area contributed by atoms with Crippen LogP contribution in [0.25, 0.3) is 11.3 Å². The highest BCUT2D eigenvalue weighted by molar-refractivity contribution is 7.90. The van der Waals surface area contributed by atoms with E-state index in [-0.39, 0.29) is 19.3 Å². The highest BCUT2D eigenvalue weighted by atomic mass is 32.2. The Labute approximate surface area is 242 Å². The number of ether oxygens (including phenoxy) is 1. The smallest absolute Gasteiger partial charge is 0.281 e. The van der Waals surface area contributed by atoms with Gasteiger partial charge in [-0.05, 0) is 82.3 Å². The Balaban J connectivity index is 0.00000253. The van der Waals surface area contributed by atoms with E-state index in [1.807, 2.05) is 32.9 Å². The van der Waals surface area contributed by atoms with Gasteiger partial charge in [-0.25, -0.2) is 24.7 Å². The fourth-order valence-corrected chi connectivity index (χ4v) is 5.86. The number of sulfonamides is 1. The molecular formula is C30H36N6O4S. The molecule has 1 amide bonds. The minimum absolute atomic E-state index is 0. The van der Waals surface area contributed by atoms with E-state index in [4.69, 9.17) is 4.74 Å². The van der Waals surface area contributed by atoms with Crippen LogP contribution in [0.2, 0.25) is 0 Å². The van der Waals surface area contributed by atoms with Crippen molar-refractivity contribution < 1.29 is 20.8 Å². The van der Waals surface area contributed by atoms with E-state index in [9.17, 15) is 13.2 Å². The average molecular weight is 577 g/mol. The van der Waals surface area contributed by atoms with Crippen molar-refractivity contribution in [2.24, 2.45) is 0 Å². The molecule has 0 unspecified atom stereocenters. The second-order valence-corrected chi connectivity index (χ2v) is 11.9. The van der Waals surface area contributed by atoms with Gasteiger partial charge in [0.2, 0.25) is 11.8 Å². The van der Waals surface area contributed by atoms with Gasteiger partial charge in [-0.3, -0.25) is 4.79 Å². The molecule has 0 aliphatic carbocycles. The number of anilines is 1. The fourth-order valence-electron chi connectivity index (χ4n) is 4.88. The molecule has 0 bridgehead atoms. The molecule has 11 heteroatoms. The number of amides is 1. The van der Waals surface area contributed by atoms with E-state index in [0.717, 1.165) is 42.6 Å². The zero-order valence-corrected chi connectivity index (χ0v) is 24.3. The van der Waals surface area contributed by atoms with Crippen molar-refractivity contribution in [1.29, 1.82) is 0 Å². The molecule has 5 rings (SSSR count). The monoisotopic (exact) mass is 576 g/mol. The maximum absolute atomic E-state index is 13.4. The standard InChI is InChI=1S/C30H32N6O4S.2H2/c1-19-15-20(2)27(21(3)16-19)40-29-24(28(37)35-41(38,39)26-10-8-9-22(4)33-26)11-12-25(34-29)23-17-31-30(32-18-23)36-13-6-5-7-14-36;;/h8-12,15-18H,5-7,13-14H2,1-4H3,(H,35,37);2*1H. The number of carbonyl (C=O) groups excluding carboxylic acids is 1. The van der Waals surface area contributed by atoms with E-state index in [1.54, 1.807) is 37.5 Å². The molecule has 1 fully saturated rings. The maximum atomic E-state index is 13.4. The number of aryl methyl sites for hydroxylation is 4. The number of hydrogen-bond acceptors (Lipinski definition) is 9. The third-order valence-corrected chi connectivity index (χ3v) is 8.08. The van der Waals surface area contributed by atoms with Crippen molar-refractivity contribution >= 4 is 21.9 Å².